The van der Waals surface area contributed by atoms with Crippen LogP contribution in [-0.4, -0.2) is 17.2 Å². The van der Waals surface area contributed by atoms with Crippen LogP contribution in [0.15, 0.2) is 0 Å². The molecule has 1 unspecified atom stereocenters. The summed E-state index contributed by atoms with van der Waals surface area (Å²) in [7, 11) is 0. The normalized spacial score (nSPS) is 11.8. The molecule has 0 fully saturated rings. The topological polar surface area (TPSA) is 60.4 Å². The summed E-state index contributed by atoms with van der Waals surface area (Å²) in [6.45, 7) is 2.02. The van der Waals surface area contributed by atoms with E-state index >= 15 is 0 Å². The van der Waals surface area contributed by atoms with Crippen LogP contribution in [0, 0.1) is 0 Å². The van der Waals surface area contributed by atoms with E-state index in [1.165, 1.54) is 0 Å². The Morgan fingerprint density at radius 1 is 1.55 bits per heavy atom. The summed E-state index contributed by atoms with van der Waals surface area (Å²) >= 11 is 0. The standard InChI is InChI=1S/C7H14O3.K/c1-2-3-4-5-6(8)7(9)10;/h6,8H,2-5H2,1H3,(H,9,10);/q;+1/p-1. The van der Waals surface area contributed by atoms with Crippen LogP contribution in [0.2, 0.25) is 0 Å². The van der Waals surface area contributed by atoms with Gasteiger partial charge in [0.1, 0.15) is 0 Å². The van der Waals surface area contributed by atoms with E-state index in [0.29, 0.717) is 6.42 Å². The van der Waals surface area contributed by atoms with Crippen molar-refractivity contribution in [2.75, 3.05) is 0 Å². The maximum absolute atomic E-state index is 9.93. The SMILES string of the molecule is CCCCCC(O)C(=O)[O-].[K+]. The van der Waals surface area contributed by atoms with E-state index in [2.05, 4.69) is 0 Å². The second-order valence-corrected chi connectivity index (χ2v) is 2.33. The van der Waals surface area contributed by atoms with Gasteiger partial charge >= 0.3 is 51.4 Å². The zero-order chi connectivity index (χ0) is 7.98. The predicted octanol–water partition coefficient (Wildman–Crippen LogP) is -3.32. The predicted molar refractivity (Wildman–Crippen MR) is 35.2 cm³/mol. The number of hydrogen-bond donors (Lipinski definition) is 1. The average molecular weight is 184 g/mol. The zero-order valence-electron chi connectivity index (χ0n) is 7.17. The summed E-state index contributed by atoms with van der Waals surface area (Å²) in [6, 6.07) is 0. The van der Waals surface area contributed by atoms with E-state index in [-0.39, 0.29) is 51.4 Å². The van der Waals surface area contributed by atoms with Gasteiger partial charge in [-0.3, -0.25) is 0 Å². The van der Waals surface area contributed by atoms with Crippen LogP contribution in [0.5, 0.6) is 0 Å². The fourth-order valence-corrected chi connectivity index (χ4v) is 0.706. The number of hydrogen-bond acceptors (Lipinski definition) is 3. The maximum atomic E-state index is 9.93. The van der Waals surface area contributed by atoms with E-state index in [0.717, 1.165) is 19.3 Å². The Kier molecular flexibility index (Phi) is 12.1. The molecule has 0 saturated heterocycles. The van der Waals surface area contributed by atoms with Crippen molar-refractivity contribution in [3.63, 3.8) is 0 Å². The fraction of sp³-hybridized carbons (Fsp3) is 0.857. The van der Waals surface area contributed by atoms with Gasteiger partial charge in [0.05, 0.1) is 12.1 Å². The second-order valence-electron chi connectivity index (χ2n) is 2.33. The van der Waals surface area contributed by atoms with Crippen LogP contribution in [-0.2, 0) is 4.79 Å². The Morgan fingerprint density at radius 3 is 2.45 bits per heavy atom. The molecule has 1 N–H and O–H groups in total. The number of aliphatic hydroxyl groups is 1. The summed E-state index contributed by atoms with van der Waals surface area (Å²) in [6.07, 6.45) is 1.79. The minimum atomic E-state index is -1.36. The van der Waals surface area contributed by atoms with Gasteiger partial charge in [-0.15, -0.1) is 0 Å². The summed E-state index contributed by atoms with van der Waals surface area (Å²) in [5, 5.41) is 18.6. The molecule has 0 spiro atoms. The second kappa shape index (κ2) is 9.16. The van der Waals surface area contributed by atoms with Crippen LogP contribution >= 0.6 is 0 Å². The molecule has 0 aliphatic rings. The molecule has 3 nitrogen and oxygen atoms in total. The Bertz CT molecular complexity index is 106. The average Bonchev–Trinajstić information content (AvgIpc) is 1.88. The number of carbonyl (C=O) groups excluding carboxylic acids is 1. The first-order valence-electron chi connectivity index (χ1n) is 3.57. The molecule has 0 radical (unpaired) electrons. The van der Waals surface area contributed by atoms with Gasteiger partial charge in [-0.1, -0.05) is 26.2 Å². The van der Waals surface area contributed by atoms with Gasteiger partial charge in [0.25, 0.3) is 0 Å². The number of aliphatic hydroxyl groups excluding tert-OH is 1. The number of carbonyl (C=O) groups is 1. The quantitative estimate of drug-likeness (QED) is 0.359. The van der Waals surface area contributed by atoms with Gasteiger partial charge < -0.3 is 15.0 Å². The van der Waals surface area contributed by atoms with Gasteiger partial charge in [-0.25, -0.2) is 0 Å². The summed E-state index contributed by atoms with van der Waals surface area (Å²) in [5.41, 5.74) is 0. The molecule has 60 valence electrons. The van der Waals surface area contributed by atoms with E-state index < -0.39 is 12.1 Å². The van der Waals surface area contributed by atoms with Gasteiger partial charge in [0, 0.05) is 0 Å². The minimum absolute atomic E-state index is 0. The minimum Gasteiger partial charge on any atom is -0.547 e. The number of unbranched alkanes of at least 4 members (excludes halogenated alkanes) is 2. The van der Waals surface area contributed by atoms with E-state index in [1.54, 1.807) is 0 Å². The van der Waals surface area contributed by atoms with Crippen LogP contribution in [0.25, 0.3) is 0 Å². The smallest absolute Gasteiger partial charge is 0.547 e. The first-order chi connectivity index (χ1) is 4.68. The van der Waals surface area contributed by atoms with Crippen molar-refractivity contribution in [1.82, 2.24) is 0 Å². The number of carboxylic acids is 1. The Morgan fingerprint density at radius 2 is 2.09 bits per heavy atom. The number of carboxylic acid groups (broad SMARTS) is 1. The summed E-state index contributed by atoms with van der Waals surface area (Å²) < 4.78 is 0. The third kappa shape index (κ3) is 8.98. The molecule has 0 rings (SSSR count). The van der Waals surface area contributed by atoms with Crippen LogP contribution in [0.3, 0.4) is 0 Å². The molecule has 4 heteroatoms. The Balaban J connectivity index is 0. The third-order valence-corrected chi connectivity index (χ3v) is 1.35. The van der Waals surface area contributed by atoms with Crippen LogP contribution in [0.4, 0.5) is 0 Å². The molecule has 0 bridgehead atoms. The van der Waals surface area contributed by atoms with Gasteiger partial charge in [-0.05, 0) is 6.42 Å². The van der Waals surface area contributed by atoms with Crippen molar-refractivity contribution in [3.05, 3.63) is 0 Å². The first kappa shape index (κ1) is 14.6. The Hall–Kier alpha value is 1.07. The van der Waals surface area contributed by atoms with Crippen molar-refractivity contribution in [2.24, 2.45) is 0 Å². The molecule has 0 aromatic rings. The largest absolute Gasteiger partial charge is 1.00 e. The van der Waals surface area contributed by atoms with E-state index in [9.17, 15) is 9.90 Å². The van der Waals surface area contributed by atoms with Crippen LogP contribution in [0.1, 0.15) is 32.6 Å². The molecule has 0 aromatic carbocycles. The first-order valence-corrected chi connectivity index (χ1v) is 3.57. The molecule has 0 aliphatic carbocycles. The maximum Gasteiger partial charge on any atom is 1.00 e. The molecule has 0 amide bonds. The number of rotatable bonds is 5. The molecule has 0 saturated carbocycles. The van der Waals surface area contributed by atoms with Crippen molar-refractivity contribution >= 4 is 5.97 Å². The van der Waals surface area contributed by atoms with Crippen molar-refractivity contribution in [2.45, 2.75) is 38.7 Å². The van der Waals surface area contributed by atoms with E-state index in [1.807, 2.05) is 6.92 Å². The van der Waals surface area contributed by atoms with Crippen LogP contribution < -0.4 is 56.5 Å². The van der Waals surface area contributed by atoms with Gasteiger partial charge in [0.2, 0.25) is 0 Å². The fourth-order valence-electron chi connectivity index (χ4n) is 0.706. The molecule has 11 heavy (non-hydrogen) atoms. The zero-order valence-corrected chi connectivity index (χ0v) is 10.3. The van der Waals surface area contributed by atoms with E-state index in [4.69, 9.17) is 5.11 Å². The monoisotopic (exact) mass is 184 g/mol. The summed E-state index contributed by atoms with van der Waals surface area (Å²) in [4.78, 5) is 9.93. The number of aliphatic carboxylic acids is 1. The molecule has 0 heterocycles. The van der Waals surface area contributed by atoms with Gasteiger partial charge in [0.15, 0.2) is 0 Å². The van der Waals surface area contributed by atoms with Gasteiger partial charge in [-0.2, -0.15) is 0 Å². The van der Waals surface area contributed by atoms with Crippen molar-refractivity contribution < 1.29 is 66.4 Å². The van der Waals surface area contributed by atoms with Crippen molar-refractivity contribution in [1.29, 1.82) is 0 Å². The molecule has 0 aliphatic heterocycles. The molecule has 1 atom stereocenters. The molecular formula is C7H13KO3. The molecular weight excluding hydrogens is 171 g/mol. The Labute approximate surface area is 110 Å². The summed E-state index contributed by atoms with van der Waals surface area (Å²) in [5.74, 6) is -1.36. The van der Waals surface area contributed by atoms with Crippen molar-refractivity contribution in [3.8, 4) is 0 Å². The third-order valence-electron chi connectivity index (χ3n) is 1.35. The molecule has 0 aromatic heterocycles.